The Balaban J connectivity index is 0.000000643. The average Bonchev–Trinajstić information content (AvgIpc) is 3.33. The Morgan fingerprint density at radius 3 is 1.11 bits per heavy atom. The number of aryl methyl sites for hydroxylation is 6. The zero-order valence-corrected chi connectivity index (χ0v) is 44.7. The average molecular weight is 1010 g/mol. The summed E-state index contributed by atoms with van der Waals surface area (Å²) in [4.78, 5) is 32.0. The van der Waals surface area contributed by atoms with E-state index in [0.717, 1.165) is 67.7 Å². The maximum absolute atomic E-state index is 10.8. The molecule has 0 radical (unpaired) electrons. The third kappa shape index (κ3) is 21.9. The van der Waals surface area contributed by atoms with E-state index in [2.05, 4.69) is 77.9 Å². The third-order valence-corrected chi connectivity index (χ3v) is 12.3. The number of nitrogens with zero attached hydrogens (tertiary/aromatic N) is 2. The molecule has 0 atom stereocenters. The van der Waals surface area contributed by atoms with Crippen LogP contribution in [0.1, 0.15) is 219 Å². The Hall–Kier alpha value is -5.15. The number of aromatic hydroxyl groups is 4. The van der Waals surface area contributed by atoms with E-state index in [1.54, 1.807) is 0 Å². The third-order valence-electron chi connectivity index (χ3n) is 12.3. The first-order valence-corrected chi connectivity index (χ1v) is 26.1. The Morgan fingerprint density at radius 2 is 0.757 bits per heavy atom. The number of rotatable bonds is 28. The van der Waals surface area contributed by atoms with Crippen LogP contribution in [0.3, 0.4) is 0 Å². The molecule has 388 valence electrons. The number of carbonyl (C=O) groups is 2. The monoisotopic (exact) mass is 1010 g/mol. The van der Waals surface area contributed by atoms with E-state index in [0.29, 0.717) is 24.0 Å². The van der Waals surface area contributed by atoms with Gasteiger partial charge in [-0.1, -0.05) is 131 Å². The number of unbranched alkanes of at least 4 members (excludes halogenated alkanes) is 9. The summed E-state index contributed by atoms with van der Waals surface area (Å²) in [6.07, 6.45) is 25.2. The smallest absolute Gasteiger partial charge is 0.545 e. The van der Waals surface area contributed by atoms with Crippen LogP contribution in [-0.2, 0) is 55.0 Å². The van der Waals surface area contributed by atoms with Gasteiger partial charge < -0.3 is 40.2 Å². The van der Waals surface area contributed by atoms with Gasteiger partial charge in [-0.3, -0.25) is 9.98 Å². The largest absolute Gasteiger partial charge is 2.00 e. The van der Waals surface area contributed by atoms with E-state index in [9.17, 15) is 30.0 Å². The molecule has 0 unspecified atom stereocenters. The van der Waals surface area contributed by atoms with Gasteiger partial charge in [0.05, 0.1) is 34.7 Å². The second-order valence-electron chi connectivity index (χ2n) is 18.1. The van der Waals surface area contributed by atoms with Crippen LogP contribution in [0.2, 0.25) is 0 Å². The molecular weight excluding hydrogens is 923 g/mol. The topological polar surface area (TPSA) is 186 Å². The Kier molecular flexibility index (Phi) is 32.2. The first kappa shape index (κ1) is 62.9. The number of benzene rings is 4. The van der Waals surface area contributed by atoms with Crippen LogP contribution in [-0.4, -0.2) is 43.8 Å². The summed E-state index contributed by atoms with van der Waals surface area (Å²) in [5.74, 6) is -5.01. The molecule has 70 heavy (non-hydrogen) atoms. The van der Waals surface area contributed by atoms with Crippen molar-refractivity contribution in [1.82, 2.24) is 0 Å². The van der Waals surface area contributed by atoms with Crippen molar-refractivity contribution in [2.75, 3.05) is 0 Å². The van der Waals surface area contributed by atoms with Gasteiger partial charge in [0.25, 0.3) is 0 Å². The van der Waals surface area contributed by atoms with Crippen molar-refractivity contribution in [1.29, 1.82) is 0 Å². The zero-order valence-electron chi connectivity index (χ0n) is 43.7. The molecule has 4 aromatic rings. The van der Waals surface area contributed by atoms with Crippen molar-refractivity contribution in [3.05, 3.63) is 105 Å². The maximum atomic E-state index is 10.8. The van der Waals surface area contributed by atoms with Gasteiger partial charge in [-0.05, 0) is 167 Å². The quantitative estimate of drug-likeness (QED) is 0.0187. The Morgan fingerprint density at radius 1 is 0.429 bits per heavy atom. The number of carboxylic acid groups (broad SMARTS) is 2. The normalized spacial score (nSPS) is 11.3. The Labute approximate surface area is 430 Å². The van der Waals surface area contributed by atoms with Crippen LogP contribution in [0.4, 0.5) is 11.4 Å². The van der Waals surface area contributed by atoms with E-state index in [1.807, 2.05) is 13.8 Å². The molecular formula is C59H84N2NiO8. The van der Waals surface area contributed by atoms with Crippen molar-refractivity contribution in [2.24, 2.45) is 9.98 Å². The van der Waals surface area contributed by atoms with Gasteiger partial charge in [-0.15, -0.1) is 0 Å². The van der Waals surface area contributed by atoms with Crippen LogP contribution in [0.5, 0.6) is 23.0 Å². The molecule has 0 spiro atoms. The molecule has 0 aliphatic carbocycles. The van der Waals surface area contributed by atoms with Crippen molar-refractivity contribution in [3.63, 3.8) is 0 Å². The molecule has 10 nitrogen and oxygen atoms in total. The molecule has 0 aliphatic rings. The van der Waals surface area contributed by atoms with Crippen molar-refractivity contribution in [3.8, 4) is 23.0 Å². The number of aromatic carboxylic acids is 2. The summed E-state index contributed by atoms with van der Waals surface area (Å²) in [6.45, 7) is 17.5. The summed E-state index contributed by atoms with van der Waals surface area (Å²) >= 11 is 0. The van der Waals surface area contributed by atoms with Gasteiger partial charge >= 0.3 is 16.5 Å². The van der Waals surface area contributed by atoms with Crippen LogP contribution in [0.15, 0.2) is 70.6 Å². The van der Waals surface area contributed by atoms with E-state index in [1.165, 1.54) is 136 Å². The second kappa shape index (κ2) is 35.9. The van der Waals surface area contributed by atoms with Crippen molar-refractivity contribution < 1.29 is 56.7 Å². The standard InChI is InChI=1S/C37H58N2.2C11H14O4.Ni/c1-7-12-17-18-23-37(39-36-27-25-32(20-14-9-3)34(29-36)22-16-11-5)30(6)38-35-26-24-31(19-13-8-2)33(28-35)21-15-10-4;2*1-2-3-4-7-5-6-8(12)10(13)9(7)11(14)15;/h24-29H,7-23H2,1-6H3;2*5-6,12-13H,2-4H2,1H3,(H,14,15);/q;;;+2/p-2. The molecule has 0 saturated carbocycles. The molecule has 11 heteroatoms. The molecule has 4 aromatic carbocycles. The molecule has 0 saturated heterocycles. The molecule has 0 aromatic heterocycles. The van der Waals surface area contributed by atoms with E-state index < -0.39 is 34.9 Å². The molecule has 0 heterocycles. The summed E-state index contributed by atoms with van der Waals surface area (Å²) < 4.78 is 0. The number of phenolic OH excluding ortho intramolecular Hbond substituents is 2. The Bertz CT molecular complexity index is 2160. The van der Waals surface area contributed by atoms with Gasteiger partial charge in [0.15, 0.2) is 23.0 Å². The maximum Gasteiger partial charge on any atom is 2.00 e. The number of carbonyl (C=O) groups excluding carboxylic acids is 2. The van der Waals surface area contributed by atoms with E-state index >= 15 is 0 Å². The number of carboxylic acids is 2. The molecule has 4 rings (SSSR count). The van der Waals surface area contributed by atoms with Gasteiger partial charge in [-0.25, -0.2) is 0 Å². The molecule has 0 fully saturated rings. The fourth-order valence-corrected chi connectivity index (χ4v) is 8.09. The van der Waals surface area contributed by atoms with Gasteiger partial charge in [0.1, 0.15) is 0 Å². The van der Waals surface area contributed by atoms with Crippen molar-refractivity contribution in [2.45, 2.75) is 203 Å². The first-order valence-electron chi connectivity index (χ1n) is 26.1. The zero-order chi connectivity index (χ0) is 51.1. The van der Waals surface area contributed by atoms with Crippen LogP contribution < -0.4 is 10.2 Å². The SMILES string of the molecule is CCCCCCC(=Nc1ccc(CCCC)c(CCCC)c1)C(C)=Nc1ccc(CCCC)c(CCCC)c1.CCCCc1ccc(O)c(O)c1C(=O)[O-].CCCCc1ccc(O)c(O)c1C(=O)[O-].[Ni+2]. The van der Waals surface area contributed by atoms with Gasteiger partial charge in [0.2, 0.25) is 0 Å². The summed E-state index contributed by atoms with van der Waals surface area (Å²) in [7, 11) is 0. The number of phenols is 4. The minimum atomic E-state index is -1.46. The van der Waals surface area contributed by atoms with Gasteiger partial charge in [0, 0.05) is 11.1 Å². The number of aliphatic imine (C=N–C) groups is 2. The van der Waals surface area contributed by atoms with Crippen LogP contribution in [0.25, 0.3) is 0 Å². The summed E-state index contributed by atoms with van der Waals surface area (Å²) in [5, 5.41) is 58.6. The molecule has 4 N–H and O–H groups in total. The predicted molar refractivity (Wildman–Crippen MR) is 281 cm³/mol. The second-order valence-corrected chi connectivity index (χ2v) is 18.1. The number of hydrogen-bond acceptors (Lipinski definition) is 10. The summed E-state index contributed by atoms with van der Waals surface area (Å²) in [6, 6.07) is 19.4. The fraction of sp³-hybridized carbons (Fsp3) is 0.525. The molecule has 0 bridgehead atoms. The number of hydrogen-bond donors (Lipinski definition) is 4. The first-order chi connectivity index (χ1) is 33.2. The van der Waals surface area contributed by atoms with Crippen LogP contribution in [0, 0.1) is 0 Å². The minimum Gasteiger partial charge on any atom is -0.545 e. The minimum absolute atomic E-state index is 0. The van der Waals surface area contributed by atoms with E-state index in [-0.39, 0.29) is 27.6 Å². The molecule has 0 amide bonds. The van der Waals surface area contributed by atoms with Gasteiger partial charge in [-0.2, -0.15) is 0 Å². The molecule has 0 aliphatic heterocycles. The van der Waals surface area contributed by atoms with Crippen molar-refractivity contribution >= 4 is 34.7 Å². The van der Waals surface area contributed by atoms with Crippen LogP contribution >= 0.6 is 0 Å². The fourth-order valence-electron chi connectivity index (χ4n) is 8.09. The summed E-state index contributed by atoms with van der Waals surface area (Å²) in [5.41, 5.74) is 10.8. The predicted octanol–water partition coefficient (Wildman–Crippen LogP) is 13.5. The van der Waals surface area contributed by atoms with E-state index in [4.69, 9.17) is 20.2 Å².